The summed E-state index contributed by atoms with van der Waals surface area (Å²) in [5, 5.41) is 15.0. The number of carbonyl (C=O) groups is 1. The summed E-state index contributed by atoms with van der Waals surface area (Å²) in [6.07, 6.45) is 2.30. The number of amides is 1. The van der Waals surface area contributed by atoms with Crippen molar-refractivity contribution >= 4 is 11.6 Å². The van der Waals surface area contributed by atoms with E-state index in [0.29, 0.717) is 5.92 Å². The van der Waals surface area contributed by atoms with Crippen molar-refractivity contribution in [3.05, 3.63) is 30.3 Å². The average molecular weight is 234 g/mol. The zero-order valence-corrected chi connectivity index (χ0v) is 9.73. The fourth-order valence-corrected chi connectivity index (χ4v) is 1.83. The van der Waals surface area contributed by atoms with Gasteiger partial charge in [-0.05, 0) is 30.9 Å². The van der Waals surface area contributed by atoms with Crippen LogP contribution in [0.15, 0.2) is 30.3 Å². The molecule has 4 heteroatoms. The highest BCUT2D eigenvalue weighted by Crippen LogP contribution is 2.32. The normalized spacial score (nSPS) is 16.5. The Kier molecular flexibility index (Phi) is 4.12. The lowest BCUT2D eigenvalue weighted by Gasteiger charge is -2.14. The second-order valence-corrected chi connectivity index (χ2v) is 4.42. The van der Waals surface area contributed by atoms with Crippen molar-refractivity contribution in [2.75, 3.05) is 18.5 Å². The van der Waals surface area contributed by atoms with Crippen molar-refractivity contribution in [2.45, 2.75) is 18.9 Å². The number of nitrogens with one attached hydrogen (secondary N) is 2. The second-order valence-electron chi connectivity index (χ2n) is 4.42. The molecule has 4 nitrogen and oxygen atoms in total. The van der Waals surface area contributed by atoms with E-state index in [4.69, 9.17) is 5.11 Å². The number of carbonyl (C=O) groups excluding carboxylic acids is 1. The fraction of sp³-hybridized carbons (Fsp3) is 0.462. The molecule has 0 aromatic heterocycles. The summed E-state index contributed by atoms with van der Waals surface area (Å²) in [6.45, 7) is 0.347. The van der Waals surface area contributed by atoms with Crippen LogP contribution < -0.4 is 10.6 Å². The summed E-state index contributed by atoms with van der Waals surface area (Å²) >= 11 is 0. The van der Waals surface area contributed by atoms with Gasteiger partial charge in [0, 0.05) is 11.7 Å². The smallest absolute Gasteiger partial charge is 0.238 e. The zero-order chi connectivity index (χ0) is 12.1. The maximum Gasteiger partial charge on any atom is 0.238 e. The molecule has 0 radical (unpaired) electrons. The molecular weight excluding hydrogens is 216 g/mol. The monoisotopic (exact) mass is 234 g/mol. The first-order chi connectivity index (χ1) is 8.29. The van der Waals surface area contributed by atoms with Crippen LogP contribution in [0.2, 0.25) is 0 Å². The first-order valence-corrected chi connectivity index (χ1v) is 5.98. The van der Waals surface area contributed by atoms with Crippen LogP contribution in [0.5, 0.6) is 0 Å². The fourth-order valence-electron chi connectivity index (χ4n) is 1.83. The third-order valence-corrected chi connectivity index (χ3v) is 2.97. The van der Waals surface area contributed by atoms with Gasteiger partial charge in [-0.1, -0.05) is 18.2 Å². The van der Waals surface area contributed by atoms with Crippen LogP contribution in [-0.4, -0.2) is 30.2 Å². The van der Waals surface area contributed by atoms with E-state index in [1.807, 2.05) is 30.3 Å². The first-order valence-electron chi connectivity index (χ1n) is 5.98. The van der Waals surface area contributed by atoms with E-state index in [1.165, 1.54) is 0 Å². The van der Waals surface area contributed by atoms with Crippen LogP contribution in [0, 0.1) is 5.92 Å². The standard InChI is InChI=1S/C13H18N2O2/c16-9-12(10-6-7-10)14-8-13(17)15-11-4-2-1-3-5-11/h1-5,10,12,14,16H,6-9H2,(H,15,17)/t12-/m0/s1. The van der Waals surface area contributed by atoms with Gasteiger partial charge in [0.15, 0.2) is 0 Å². The Labute approximate surface area is 101 Å². The number of aliphatic hydroxyl groups is 1. The van der Waals surface area contributed by atoms with Gasteiger partial charge >= 0.3 is 0 Å². The molecule has 1 aromatic carbocycles. The largest absolute Gasteiger partial charge is 0.395 e. The second kappa shape index (κ2) is 5.80. The topological polar surface area (TPSA) is 61.4 Å². The Morgan fingerprint density at radius 1 is 1.35 bits per heavy atom. The number of hydrogen-bond donors (Lipinski definition) is 3. The number of anilines is 1. The van der Waals surface area contributed by atoms with E-state index in [2.05, 4.69) is 10.6 Å². The van der Waals surface area contributed by atoms with Crippen molar-refractivity contribution in [3.8, 4) is 0 Å². The van der Waals surface area contributed by atoms with Crippen molar-refractivity contribution in [1.29, 1.82) is 0 Å². The van der Waals surface area contributed by atoms with E-state index in [-0.39, 0.29) is 25.1 Å². The van der Waals surface area contributed by atoms with E-state index >= 15 is 0 Å². The van der Waals surface area contributed by atoms with Gasteiger partial charge in [0.2, 0.25) is 5.91 Å². The molecule has 1 aliphatic rings. The summed E-state index contributed by atoms with van der Waals surface area (Å²) in [6, 6.07) is 9.43. The molecule has 1 aromatic rings. The quantitative estimate of drug-likeness (QED) is 0.687. The van der Waals surface area contributed by atoms with Crippen LogP contribution in [0.25, 0.3) is 0 Å². The highest BCUT2D eigenvalue weighted by Gasteiger charge is 2.30. The molecule has 0 spiro atoms. The van der Waals surface area contributed by atoms with E-state index in [9.17, 15) is 4.79 Å². The third-order valence-electron chi connectivity index (χ3n) is 2.97. The highest BCUT2D eigenvalue weighted by atomic mass is 16.3. The van der Waals surface area contributed by atoms with Gasteiger partial charge in [-0.15, -0.1) is 0 Å². The van der Waals surface area contributed by atoms with Crippen molar-refractivity contribution in [3.63, 3.8) is 0 Å². The molecule has 2 rings (SSSR count). The van der Waals surface area contributed by atoms with Crippen molar-refractivity contribution < 1.29 is 9.90 Å². The summed E-state index contributed by atoms with van der Waals surface area (Å²) < 4.78 is 0. The molecule has 1 saturated carbocycles. The number of hydrogen-bond acceptors (Lipinski definition) is 3. The Hall–Kier alpha value is -1.39. The predicted octanol–water partition coefficient (Wildman–Crippen LogP) is 0.986. The lowest BCUT2D eigenvalue weighted by Crippen LogP contribution is -2.39. The van der Waals surface area contributed by atoms with Crippen LogP contribution >= 0.6 is 0 Å². The molecule has 1 atom stereocenters. The minimum atomic E-state index is -0.0738. The van der Waals surface area contributed by atoms with E-state index in [1.54, 1.807) is 0 Å². The number of benzene rings is 1. The molecular formula is C13H18N2O2. The Balaban J connectivity index is 1.73. The Bertz CT molecular complexity index is 363. The van der Waals surface area contributed by atoms with Crippen LogP contribution in [0.1, 0.15) is 12.8 Å². The van der Waals surface area contributed by atoms with Gasteiger partial charge in [-0.3, -0.25) is 4.79 Å². The maximum atomic E-state index is 11.6. The SMILES string of the molecule is O=C(CN[C@@H](CO)C1CC1)Nc1ccccc1. The molecule has 1 amide bonds. The van der Waals surface area contributed by atoms with Crippen LogP contribution in [0.4, 0.5) is 5.69 Å². The van der Waals surface area contributed by atoms with Crippen molar-refractivity contribution in [1.82, 2.24) is 5.32 Å². The summed E-state index contributed by atoms with van der Waals surface area (Å²) in [4.78, 5) is 11.6. The lowest BCUT2D eigenvalue weighted by atomic mass is 10.2. The molecule has 0 heterocycles. The lowest BCUT2D eigenvalue weighted by molar-refractivity contribution is -0.115. The molecule has 17 heavy (non-hydrogen) atoms. The van der Waals surface area contributed by atoms with E-state index < -0.39 is 0 Å². The Morgan fingerprint density at radius 3 is 2.65 bits per heavy atom. The number of para-hydroxylation sites is 1. The van der Waals surface area contributed by atoms with Crippen LogP contribution in [0.3, 0.4) is 0 Å². The maximum absolute atomic E-state index is 11.6. The molecule has 0 aliphatic heterocycles. The van der Waals surface area contributed by atoms with Gasteiger partial charge in [-0.2, -0.15) is 0 Å². The van der Waals surface area contributed by atoms with Crippen molar-refractivity contribution in [2.24, 2.45) is 5.92 Å². The Morgan fingerprint density at radius 2 is 2.06 bits per heavy atom. The third kappa shape index (κ3) is 3.84. The van der Waals surface area contributed by atoms with Gasteiger partial charge in [0.25, 0.3) is 0 Å². The summed E-state index contributed by atoms with van der Waals surface area (Å²) in [7, 11) is 0. The summed E-state index contributed by atoms with van der Waals surface area (Å²) in [5.41, 5.74) is 0.797. The predicted molar refractivity (Wildman–Crippen MR) is 66.7 cm³/mol. The van der Waals surface area contributed by atoms with Crippen LogP contribution in [-0.2, 0) is 4.79 Å². The molecule has 0 bridgehead atoms. The number of rotatable bonds is 6. The average Bonchev–Trinajstić information content (AvgIpc) is 3.16. The van der Waals surface area contributed by atoms with Gasteiger partial charge in [0.1, 0.15) is 0 Å². The van der Waals surface area contributed by atoms with Gasteiger partial charge in [0.05, 0.1) is 13.2 Å². The highest BCUT2D eigenvalue weighted by molar-refractivity contribution is 5.92. The van der Waals surface area contributed by atoms with Gasteiger partial charge in [-0.25, -0.2) is 0 Å². The van der Waals surface area contributed by atoms with E-state index in [0.717, 1.165) is 18.5 Å². The first kappa shape index (κ1) is 12.1. The van der Waals surface area contributed by atoms with Gasteiger partial charge < -0.3 is 15.7 Å². The molecule has 0 saturated heterocycles. The minimum Gasteiger partial charge on any atom is -0.395 e. The molecule has 92 valence electrons. The molecule has 1 fully saturated rings. The molecule has 3 N–H and O–H groups in total. The molecule has 0 unspecified atom stereocenters. The summed E-state index contributed by atoms with van der Waals surface area (Å²) in [5.74, 6) is 0.472. The minimum absolute atomic E-state index is 0.0662. The zero-order valence-electron chi connectivity index (χ0n) is 9.73. The molecule has 1 aliphatic carbocycles. The number of aliphatic hydroxyl groups excluding tert-OH is 1.